The summed E-state index contributed by atoms with van der Waals surface area (Å²) in [6, 6.07) is 10.1. The Hall–Kier alpha value is -2.40. The van der Waals surface area contributed by atoms with Gasteiger partial charge in [0, 0.05) is 11.1 Å². The Morgan fingerprint density at radius 3 is 2.41 bits per heavy atom. The van der Waals surface area contributed by atoms with Gasteiger partial charge in [-0.05, 0) is 42.8 Å². The number of aryl methyl sites for hydroxylation is 1. The van der Waals surface area contributed by atoms with Gasteiger partial charge in [-0.3, -0.25) is 5.32 Å². The number of hydrogen-bond donors (Lipinski definition) is 1. The highest BCUT2D eigenvalue weighted by molar-refractivity contribution is 6.30. The van der Waals surface area contributed by atoms with Gasteiger partial charge in [0.1, 0.15) is 17.2 Å². The van der Waals surface area contributed by atoms with Gasteiger partial charge < -0.3 is 14.2 Å². The number of benzene rings is 2. The van der Waals surface area contributed by atoms with Crippen molar-refractivity contribution in [3.63, 3.8) is 0 Å². The normalized spacial score (nSPS) is 10.0. The van der Waals surface area contributed by atoms with Crippen molar-refractivity contribution >= 4 is 23.4 Å². The number of ether oxygens (including phenoxy) is 3. The van der Waals surface area contributed by atoms with Gasteiger partial charge in [-0.1, -0.05) is 11.6 Å². The van der Waals surface area contributed by atoms with Crippen molar-refractivity contribution in [2.45, 2.75) is 6.92 Å². The molecule has 0 atom stereocenters. The molecule has 0 aromatic heterocycles. The number of methoxy groups -OCH3 is 2. The Morgan fingerprint density at radius 2 is 1.77 bits per heavy atom. The SMILES string of the molecule is COc1ccc(OC)c(NC(=O)Oc2ccc(Cl)cc2C)c1. The molecule has 22 heavy (non-hydrogen) atoms. The zero-order valence-corrected chi connectivity index (χ0v) is 13.2. The van der Waals surface area contributed by atoms with Crippen LogP contribution in [0, 0.1) is 6.92 Å². The van der Waals surface area contributed by atoms with Crippen LogP contribution in [0.5, 0.6) is 17.2 Å². The van der Waals surface area contributed by atoms with Gasteiger partial charge in [0.2, 0.25) is 0 Å². The predicted octanol–water partition coefficient (Wildman–Crippen LogP) is 4.28. The molecule has 6 heteroatoms. The summed E-state index contributed by atoms with van der Waals surface area (Å²) in [4.78, 5) is 12.0. The van der Waals surface area contributed by atoms with Crippen LogP contribution in [0.3, 0.4) is 0 Å². The summed E-state index contributed by atoms with van der Waals surface area (Å²) in [5.74, 6) is 1.54. The summed E-state index contributed by atoms with van der Waals surface area (Å²) in [6.45, 7) is 1.81. The van der Waals surface area contributed by atoms with E-state index in [0.717, 1.165) is 5.56 Å². The molecule has 0 aliphatic heterocycles. The lowest BCUT2D eigenvalue weighted by Gasteiger charge is -2.12. The van der Waals surface area contributed by atoms with Crippen molar-refractivity contribution < 1.29 is 19.0 Å². The van der Waals surface area contributed by atoms with E-state index in [1.165, 1.54) is 7.11 Å². The highest BCUT2D eigenvalue weighted by atomic mass is 35.5. The summed E-state index contributed by atoms with van der Waals surface area (Å²) in [5.41, 5.74) is 1.22. The van der Waals surface area contributed by atoms with E-state index >= 15 is 0 Å². The van der Waals surface area contributed by atoms with Gasteiger partial charge in [0.15, 0.2) is 0 Å². The first-order chi connectivity index (χ1) is 10.5. The lowest BCUT2D eigenvalue weighted by Crippen LogP contribution is -2.17. The molecular weight excluding hydrogens is 306 g/mol. The monoisotopic (exact) mass is 321 g/mol. The summed E-state index contributed by atoms with van der Waals surface area (Å²) < 4.78 is 15.6. The zero-order chi connectivity index (χ0) is 16.1. The summed E-state index contributed by atoms with van der Waals surface area (Å²) >= 11 is 5.87. The maximum absolute atomic E-state index is 12.0. The van der Waals surface area contributed by atoms with Gasteiger partial charge in [-0.15, -0.1) is 0 Å². The van der Waals surface area contributed by atoms with Gasteiger partial charge in [0.25, 0.3) is 0 Å². The van der Waals surface area contributed by atoms with Crippen LogP contribution in [0.15, 0.2) is 36.4 Å². The minimum atomic E-state index is -0.628. The van der Waals surface area contributed by atoms with Crippen molar-refractivity contribution in [3.05, 3.63) is 47.0 Å². The molecular formula is C16H16ClNO4. The van der Waals surface area contributed by atoms with Crippen molar-refractivity contribution in [1.82, 2.24) is 0 Å². The first-order valence-electron chi connectivity index (χ1n) is 6.50. The molecule has 0 spiro atoms. The number of rotatable bonds is 4. The lowest BCUT2D eigenvalue weighted by molar-refractivity contribution is 0.214. The number of carbonyl (C=O) groups excluding carboxylic acids is 1. The predicted molar refractivity (Wildman–Crippen MR) is 85.4 cm³/mol. The summed E-state index contributed by atoms with van der Waals surface area (Å²) in [5, 5.41) is 3.21. The summed E-state index contributed by atoms with van der Waals surface area (Å²) in [7, 11) is 3.06. The van der Waals surface area contributed by atoms with Crippen LogP contribution < -0.4 is 19.5 Å². The zero-order valence-electron chi connectivity index (χ0n) is 12.5. The van der Waals surface area contributed by atoms with Crippen molar-refractivity contribution in [1.29, 1.82) is 0 Å². The van der Waals surface area contributed by atoms with Crippen LogP contribution in [-0.2, 0) is 0 Å². The molecule has 0 aliphatic carbocycles. The molecule has 2 aromatic rings. The quantitative estimate of drug-likeness (QED) is 0.913. The third kappa shape index (κ3) is 3.83. The standard InChI is InChI=1S/C16H16ClNO4/c1-10-8-11(17)4-6-14(10)22-16(19)18-13-9-12(20-2)5-7-15(13)21-3/h4-9H,1-3H3,(H,18,19). The second-order valence-corrected chi connectivity index (χ2v) is 4.93. The molecule has 2 aromatic carbocycles. The van der Waals surface area contributed by atoms with Gasteiger partial charge >= 0.3 is 6.09 Å². The number of anilines is 1. The van der Waals surface area contributed by atoms with E-state index in [9.17, 15) is 4.79 Å². The number of nitrogens with one attached hydrogen (secondary N) is 1. The average molecular weight is 322 g/mol. The van der Waals surface area contributed by atoms with Crippen molar-refractivity contribution in [2.24, 2.45) is 0 Å². The molecule has 1 amide bonds. The van der Waals surface area contributed by atoms with E-state index in [0.29, 0.717) is 28.0 Å². The van der Waals surface area contributed by atoms with Crippen LogP contribution in [0.4, 0.5) is 10.5 Å². The molecule has 116 valence electrons. The first kappa shape index (κ1) is 16.0. The molecule has 5 nitrogen and oxygen atoms in total. The van der Waals surface area contributed by atoms with Gasteiger partial charge in [0.05, 0.1) is 19.9 Å². The van der Waals surface area contributed by atoms with E-state index in [1.54, 1.807) is 50.4 Å². The number of halogens is 1. The van der Waals surface area contributed by atoms with Crippen molar-refractivity contribution in [3.8, 4) is 17.2 Å². The Kier molecular flexibility index (Phi) is 5.12. The maximum Gasteiger partial charge on any atom is 0.417 e. The Labute approximate surface area is 133 Å². The third-order valence-corrected chi connectivity index (χ3v) is 3.22. The van der Waals surface area contributed by atoms with Crippen molar-refractivity contribution in [2.75, 3.05) is 19.5 Å². The van der Waals surface area contributed by atoms with Gasteiger partial charge in [-0.2, -0.15) is 0 Å². The van der Waals surface area contributed by atoms with Gasteiger partial charge in [-0.25, -0.2) is 4.79 Å². The Bertz CT molecular complexity index is 688. The number of amides is 1. The molecule has 2 rings (SSSR count). The topological polar surface area (TPSA) is 56.8 Å². The smallest absolute Gasteiger partial charge is 0.417 e. The molecule has 0 saturated heterocycles. The maximum atomic E-state index is 12.0. The van der Waals surface area contributed by atoms with Crippen LogP contribution in [0.2, 0.25) is 5.02 Å². The lowest BCUT2D eigenvalue weighted by atomic mass is 10.2. The molecule has 0 bridgehead atoms. The number of hydrogen-bond acceptors (Lipinski definition) is 4. The minimum absolute atomic E-state index is 0.434. The molecule has 0 saturated carbocycles. The second-order valence-electron chi connectivity index (χ2n) is 4.49. The minimum Gasteiger partial charge on any atom is -0.497 e. The molecule has 0 fully saturated rings. The van der Waals surface area contributed by atoms with E-state index in [1.807, 2.05) is 0 Å². The van der Waals surface area contributed by atoms with Crippen LogP contribution in [0.25, 0.3) is 0 Å². The molecule has 0 heterocycles. The fourth-order valence-corrected chi connectivity index (χ4v) is 2.10. The molecule has 0 radical (unpaired) electrons. The molecule has 0 aliphatic rings. The van der Waals surface area contributed by atoms with E-state index < -0.39 is 6.09 Å². The Morgan fingerprint density at radius 1 is 1.05 bits per heavy atom. The highest BCUT2D eigenvalue weighted by Crippen LogP contribution is 2.29. The Balaban J connectivity index is 2.14. The fourth-order valence-electron chi connectivity index (χ4n) is 1.87. The fraction of sp³-hybridized carbons (Fsp3) is 0.188. The van der Waals surface area contributed by atoms with E-state index in [4.69, 9.17) is 25.8 Å². The van der Waals surface area contributed by atoms with Crippen LogP contribution >= 0.6 is 11.6 Å². The first-order valence-corrected chi connectivity index (χ1v) is 6.88. The van der Waals surface area contributed by atoms with Crippen LogP contribution in [0.1, 0.15) is 5.56 Å². The highest BCUT2D eigenvalue weighted by Gasteiger charge is 2.12. The molecule has 0 unspecified atom stereocenters. The largest absolute Gasteiger partial charge is 0.497 e. The second kappa shape index (κ2) is 7.04. The molecule has 1 N–H and O–H groups in total. The summed E-state index contributed by atoms with van der Waals surface area (Å²) in [6.07, 6.45) is -0.628. The van der Waals surface area contributed by atoms with E-state index in [-0.39, 0.29) is 0 Å². The number of carbonyl (C=O) groups is 1. The third-order valence-electron chi connectivity index (χ3n) is 2.98. The van der Waals surface area contributed by atoms with Crippen LogP contribution in [-0.4, -0.2) is 20.3 Å². The average Bonchev–Trinajstić information content (AvgIpc) is 2.50. The van der Waals surface area contributed by atoms with E-state index in [2.05, 4.69) is 5.32 Å².